The highest BCUT2D eigenvalue weighted by Crippen LogP contribution is 2.63. The highest BCUT2D eigenvalue weighted by molar-refractivity contribution is 7.95. The molecule has 0 amide bonds. The van der Waals surface area contributed by atoms with E-state index in [-0.39, 0.29) is 0 Å². The van der Waals surface area contributed by atoms with Gasteiger partial charge in [0.05, 0.1) is 0 Å². The summed E-state index contributed by atoms with van der Waals surface area (Å²) >= 11 is 0. The summed E-state index contributed by atoms with van der Waals surface area (Å²) in [5.41, 5.74) is 2.87. The average molecular weight is 529 g/mol. The molecule has 0 nitrogen and oxygen atoms in total. The number of hydrogen-bond acceptors (Lipinski definition) is 0. The predicted molar refractivity (Wildman–Crippen MR) is 171 cm³/mol. The monoisotopic (exact) mass is 528 g/mol. The van der Waals surface area contributed by atoms with Crippen LogP contribution in [-0.4, -0.2) is 0 Å². The first-order chi connectivity index (χ1) is 18.9. The molecule has 188 valence electrons. The Labute approximate surface area is 230 Å². The molecule has 5 rings (SSSR count). The van der Waals surface area contributed by atoms with Gasteiger partial charge in [-0.25, -0.2) is 0 Å². The third-order valence-electron chi connectivity index (χ3n) is 6.65. The molecule has 0 saturated heterocycles. The molecule has 0 saturated carbocycles. The molecule has 0 aliphatic rings. The van der Waals surface area contributed by atoms with Crippen molar-refractivity contribution in [1.82, 2.24) is 0 Å². The highest BCUT2D eigenvalue weighted by Gasteiger charge is 2.31. The van der Waals surface area contributed by atoms with Crippen molar-refractivity contribution >= 4 is 42.6 Å². The fourth-order valence-corrected chi connectivity index (χ4v) is 11.5. The maximum atomic E-state index is 2.34. The third kappa shape index (κ3) is 6.22. The summed E-state index contributed by atoms with van der Waals surface area (Å²) in [5, 5.41) is 7.24. The molecule has 0 aromatic heterocycles. The lowest BCUT2D eigenvalue weighted by molar-refractivity contribution is 0.824. The van der Waals surface area contributed by atoms with Crippen molar-refractivity contribution in [3.8, 4) is 0 Å². The van der Waals surface area contributed by atoms with Gasteiger partial charge in [-0.15, -0.1) is 0 Å². The van der Waals surface area contributed by atoms with Crippen LogP contribution in [0.4, 0.5) is 0 Å². The predicted octanol–water partition coefficient (Wildman–Crippen LogP) is 8.81. The van der Waals surface area contributed by atoms with Crippen LogP contribution in [0.25, 0.3) is 5.57 Å². The topological polar surface area (TPSA) is 0 Å². The Morgan fingerprint density at radius 1 is 0.447 bits per heavy atom. The van der Waals surface area contributed by atoms with Crippen molar-refractivity contribution in [3.63, 3.8) is 0 Å². The molecule has 0 aliphatic heterocycles. The van der Waals surface area contributed by atoms with Crippen LogP contribution >= 0.6 is 15.8 Å². The van der Waals surface area contributed by atoms with Crippen molar-refractivity contribution in [2.75, 3.05) is 0 Å². The first-order valence-electron chi connectivity index (χ1n) is 13.5. The molecule has 5 aromatic rings. The van der Waals surface area contributed by atoms with Gasteiger partial charge >= 0.3 is 0 Å². The molecular weight excluding hydrogens is 494 g/mol. The minimum absolute atomic E-state index is 0.772. The van der Waals surface area contributed by atoms with Crippen LogP contribution in [-0.2, 0) is 0 Å². The summed E-state index contributed by atoms with van der Waals surface area (Å²) in [6, 6.07) is 56.0. The molecule has 0 atom stereocenters. The Morgan fingerprint density at radius 3 is 1.08 bits per heavy atom. The van der Waals surface area contributed by atoms with Gasteiger partial charge in [-0.2, -0.15) is 0 Å². The molecule has 0 heterocycles. The summed E-state index contributed by atoms with van der Waals surface area (Å²) < 4.78 is 0. The van der Waals surface area contributed by atoms with Gasteiger partial charge in [-0.3, -0.25) is 0 Å². The van der Waals surface area contributed by atoms with E-state index in [1.807, 2.05) is 0 Å². The summed E-state index contributed by atoms with van der Waals surface area (Å²) in [6.07, 6.45) is 3.42. The molecule has 0 radical (unpaired) electrons. The minimum Gasteiger partial charge on any atom is -0.0654 e. The smallest absolute Gasteiger partial charge is 0.000805 e. The van der Waals surface area contributed by atoms with Gasteiger partial charge in [0.2, 0.25) is 0 Å². The van der Waals surface area contributed by atoms with Crippen LogP contribution in [0.2, 0.25) is 0 Å². The van der Waals surface area contributed by atoms with Crippen LogP contribution < -0.4 is 21.2 Å². The van der Waals surface area contributed by atoms with Gasteiger partial charge in [-0.05, 0) is 66.1 Å². The van der Waals surface area contributed by atoms with Crippen molar-refractivity contribution in [2.45, 2.75) is 26.2 Å². The van der Waals surface area contributed by atoms with Crippen molar-refractivity contribution in [3.05, 3.63) is 162 Å². The molecule has 0 fully saturated rings. The van der Waals surface area contributed by atoms with Crippen LogP contribution in [0.15, 0.2) is 157 Å². The van der Waals surface area contributed by atoms with Gasteiger partial charge in [0, 0.05) is 0 Å². The van der Waals surface area contributed by atoms with E-state index in [4.69, 9.17) is 0 Å². The SMILES string of the molecule is CCCCC(=C(P(c1ccccc1)c1ccccc1)P(c1ccccc1)c1ccccc1)c1ccccc1. The summed E-state index contributed by atoms with van der Waals surface area (Å²) in [7, 11) is -1.54. The van der Waals surface area contributed by atoms with Crippen molar-refractivity contribution in [1.29, 1.82) is 0 Å². The van der Waals surface area contributed by atoms with E-state index in [2.05, 4.69) is 159 Å². The standard InChI is InChI=1S/C36H34P2/c1-2-3-29-35(30-19-9-4-10-20-30)36(37(31-21-11-5-12-22-31)32-23-13-6-14-24-32)38(33-25-15-7-16-26-33)34-27-17-8-18-28-34/h4-28H,2-3,29H2,1H3. The first kappa shape index (κ1) is 26.3. The second-order valence-electron chi connectivity index (χ2n) is 9.28. The zero-order valence-corrected chi connectivity index (χ0v) is 23.7. The Bertz CT molecular complexity index is 1250. The Balaban J connectivity index is 1.89. The van der Waals surface area contributed by atoms with E-state index in [0.717, 1.165) is 6.42 Å². The van der Waals surface area contributed by atoms with Gasteiger partial charge in [0.15, 0.2) is 0 Å². The lowest BCUT2D eigenvalue weighted by Crippen LogP contribution is -2.20. The fraction of sp³-hybridized carbons (Fsp3) is 0.111. The van der Waals surface area contributed by atoms with Crippen molar-refractivity contribution in [2.24, 2.45) is 0 Å². The molecular formula is C36H34P2. The number of rotatable bonds is 10. The van der Waals surface area contributed by atoms with E-state index in [1.54, 1.807) is 5.06 Å². The maximum Gasteiger partial charge on any atom is -0.000805 e. The Kier molecular flexibility index (Phi) is 9.34. The average Bonchev–Trinajstić information content (AvgIpc) is 3.00. The van der Waals surface area contributed by atoms with E-state index < -0.39 is 15.8 Å². The Morgan fingerprint density at radius 2 is 0.763 bits per heavy atom. The number of unbranched alkanes of at least 4 members (excludes halogenated alkanes) is 1. The maximum absolute atomic E-state index is 2.34. The van der Waals surface area contributed by atoms with Gasteiger partial charge < -0.3 is 0 Å². The lowest BCUT2D eigenvalue weighted by atomic mass is 10.0. The zero-order valence-electron chi connectivity index (χ0n) is 21.9. The normalized spacial score (nSPS) is 11.0. The fourth-order valence-electron chi connectivity index (χ4n) is 4.84. The second kappa shape index (κ2) is 13.5. The number of benzene rings is 5. The summed E-state index contributed by atoms with van der Waals surface area (Å²) in [6.45, 7) is 2.30. The molecule has 5 aromatic carbocycles. The van der Waals surface area contributed by atoms with Crippen LogP contribution in [0, 0.1) is 0 Å². The van der Waals surface area contributed by atoms with E-state index in [1.165, 1.54) is 45.2 Å². The molecule has 0 unspecified atom stereocenters. The third-order valence-corrected chi connectivity index (χ3v) is 12.5. The second-order valence-corrected chi connectivity index (χ2v) is 13.9. The van der Waals surface area contributed by atoms with Gasteiger partial charge in [0.1, 0.15) is 0 Å². The summed E-state index contributed by atoms with van der Waals surface area (Å²) in [5.74, 6) is 0. The Hall–Kier alpha value is -3.30. The molecule has 0 bridgehead atoms. The molecule has 0 N–H and O–H groups in total. The number of allylic oxidation sites excluding steroid dienone is 1. The minimum atomic E-state index is -0.772. The molecule has 0 aliphatic carbocycles. The lowest BCUT2D eigenvalue weighted by Gasteiger charge is -2.33. The summed E-state index contributed by atoms with van der Waals surface area (Å²) in [4.78, 5) is 0. The van der Waals surface area contributed by atoms with E-state index in [0.29, 0.717) is 0 Å². The molecule has 0 spiro atoms. The van der Waals surface area contributed by atoms with Crippen molar-refractivity contribution < 1.29 is 0 Å². The van der Waals surface area contributed by atoms with Gasteiger partial charge in [0.25, 0.3) is 0 Å². The quantitative estimate of drug-likeness (QED) is 0.159. The van der Waals surface area contributed by atoms with E-state index >= 15 is 0 Å². The molecule has 2 heteroatoms. The van der Waals surface area contributed by atoms with Crippen LogP contribution in [0.5, 0.6) is 0 Å². The van der Waals surface area contributed by atoms with Crippen LogP contribution in [0.1, 0.15) is 31.7 Å². The van der Waals surface area contributed by atoms with Gasteiger partial charge in [-0.1, -0.05) is 165 Å². The highest BCUT2D eigenvalue weighted by atomic mass is 31.2. The molecule has 38 heavy (non-hydrogen) atoms. The zero-order chi connectivity index (χ0) is 26.0. The number of hydrogen-bond donors (Lipinski definition) is 0. The van der Waals surface area contributed by atoms with Crippen LogP contribution in [0.3, 0.4) is 0 Å². The van der Waals surface area contributed by atoms with E-state index in [9.17, 15) is 0 Å². The first-order valence-corrected chi connectivity index (χ1v) is 16.1. The largest absolute Gasteiger partial charge is 0.0654 e.